The highest BCUT2D eigenvalue weighted by Crippen LogP contribution is 2.31. The van der Waals surface area contributed by atoms with Crippen LogP contribution in [0.5, 0.6) is 23.4 Å². The minimum absolute atomic E-state index is 0.00391. The van der Waals surface area contributed by atoms with Crippen LogP contribution < -0.4 is 9.47 Å². The van der Waals surface area contributed by atoms with Gasteiger partial charge in [0.2, 0.25) is 5.88 Å². The van der Waals surface area contributed by atoms with Crippen LogP contribution in [0.25, 0.3) is 5.57 Å². The van der Waals surface area contributed by atoms with E-state index in [1.165, 1.54) is 25.6 Å². The number of aromatic nitrogens is 3. The van der Waals surface area contributed by atoms with Gasteiger partial charge in [-0.2, -0.15) is 4.98 Å². The SMILES string of the molecule is COC=C(C(=O)O)c1ccccc1Oc1ccnc(Oc2cccnc2Cl)n1. The fourth-order valence-corrected chi connectivity index (χ4v) is 2.37. The Labute approximate surface area is 165 Å². The third-order valence-corrected chi connectivity index (χ3v) is 3.68. The Morgan fingerprint density at radius 1 is 1.04 bits per heavy atom. The first-order valence-corrected chi connectivity index (χ1v) is 8.31. The van der Waals surface area contributed by atoms with Gasteiger partial charge in [0, 0.05) is 24.0 Å². The average molecular weight is 400 g/mol. The lowest BCUT2D eigenvalue weighted by Crippen LogP contribution is -2.03. The lowest BCUT2D eigenvalue weighted by atomic mass is 10.1. The molecule has 28 heavy (non-hydrogen) atoms. The summed E-state index contributed by atoms with van der Waals surface area (Å²) >= 11 is 5.96. The monoisotopic (exact) mass is 399 g/mol. The first kappa shape index (κ1) is 19.1. The highest BCUT2D eigenvalue weighted by atomic mass is 35.5. The topological polar surface area (TPSA) is 104 Å². The number of ether oxygens (including phenoxy) is 3. The molecule has 0 bridgehead atoms. The fraction of sp³-hybridized carbons (Fsp3) is 0.0526. The van der Waals surface area contributed by atoms with Gasteiger partial charge in [-0.3, -0.25) is 0 Å². The molecule has 0 fully saturated rings. The van der Waals surface area contributed by atoms with E-state index in [9.17, 15) is 9.90 Å². The largest absolute Gasteiger partial charge is 0.503 e. The van der Waals surface area contributed by atoms with Crippen LogP contribution in [0.3, 0.4) is 0 Å². The van der Waals surface area contributed by atoms with E-state index in [2.05, 4.69) is 15.0 Å². The first-order chi connectivity index (χ1) is 13.6. The minimum Gasteiger partial charge on any atom is -0.503 e. The summed E-state index contributed by atoms with van der Waals surface area (Å²) in [6.07, 6.45) is 4.09. The van der Waals surface area contributed by atoms with Crippen molar-refractivity contribution in [2.75, 3.05) is 7.11 Å². The summed E-state index contributed by atoms with van der Waals surface area (Å²) in [5.74, 6) is -0.439. The lowest BCUT2D eigenvalue weighted by molar-refractivity contribution is -0.130. The van der Waals surface area contributed by atoms with E-state index < -0.39 is 5.97 Å². The van der Waals surface area contributed by atoms with Gasteiger partial charge in [-0.1, -0.05) is 29.8 Å². The number of carbonyl (C=O) groups is 1. The average Bonchev–Trinajstić information content (AvgIpc) is 2.69. The van der Waals surface area contributed by atoms with E-state index in [-0.39, 0.29) is 34.1 Å². The van der Waals surface area contributed by atoms with Gasteiger partial charge in [0.15, 0.2) is 10.9 Å². The van der Waals surface area contributed by atoms with Gasteiger partial charge in [0.25, 0.3) is 0 Å². The van der Waals surface area contributed by atoms with E-state index >= 15 is 0 Å². The third kappa shape index (κ3) is 4.54. The molecule has 0 atom stereocenters. The van der Waals surface area contributed by atoms with E-state index in [0.29, 0.717) is 5.56 Å². The molecule has 3 aromatic rings. The van der Waals surface area contributed by atoms with Crippen LogP contribution in [0.1, 0.15) is 5.56 Å². The van der Waals surface area contributed by atoms with E-state index in [1.807, 2.05) is 0 Å². The second kappa shape index (κ2) is 8.83. The second-order valence-electron chi connectivity index (χ2n) is 5.24. The highest BCUT2D eigenvalue weighted by Gasteiger charge is 2.17. The molecule has 3 rings (SSSR count). The molecule has 0 amide bonds. The van der Waals surface area contributed by atoms with Crippen LogP contribution in [0.2, 0.25) is 5.15 Å². The van der Waals surface area contributed by atoms with Crippen molar-refractivity contribution in [3.63, 3.8) is 0 Å². The quantitative estimate of drug-likeness (QED) is 0.358. The van der Waals surface area contributed by atoms with Crippen molar-refractivity contribution in [1.29, 1.82) is 0 Å². The van der Waals surface area contributed by atoms with Crippen LogP contribution in [-0.2, 0) is 9.53 Å². The first-order valence-electron chi connectivity index (χ1n) is 7.93. The Hall–Kier alpha value is -3.65. The molecule has 0 spiro atoms. The molecule has 8 nitrogen and oxygen atoms in total. The van der Waals surface area contributed by atoms with E-state index in [0.717, 1.165) is 6.26 Å². The molecule has 2 heterocycles. The summed E-state index contributed by atoms with van der Waals surface area (Å²) in [6, 6.07) is 11.4. The van der Waals surface area contributed by atoms with Crippen LogP contribution >= 0.6 is 11.6 Å². The maximum atomic E-state index is 11.5. The summed E-state index contributed by atoms with van der Waals surface area (Å²) in [5.41, 5.74) is 0.263. The van der Waals surface area contributed by atoms with Gasteiger partial charge in [-0.05, 0) is 18.2 Å². The highest BCUT2D eigenvalue weighted by molar-refractivity contribution is 6.30. The van der Waals surface area contributed by atoms with Gasteiger partial charge in [0.05, 0.1) is 13.4 Å². The lowest BCUT2D eigenvalue weighted by Gasteiger charge is -2.11. The zero-order chi connectivity index (χ0) is 19.9. The molecule has 0 radical (unpaired) electrons. The van der Waals surface area contributed by atoms with Crippen molar-refractivity contribution in [2.24, 2.45) is 0 Å². The van der Waals surface area contributed by atoms with Crippen LogP contribution in [0, 0.1) is 0 Å². The maximum absolute atomic E-state index is 11.5. The Morgan fingerprint density at radius 3 is 2.57 bits per heavy atom. The zero-order valence-electron chi connectivity index (χ0n) is 14.6. The molecule has 0 aliphatic rings. The standard InChI is InChI=1S/C19H14ClN3O5/c1-26-11-13(18(24)25)12-5-2-3-6-14(12)27-16-8-10-22-19(23-16)28-15-7-4-9-21-17(15)20/h2-11H,1H3,(H,24,25). The number of nitrogens with zero attached hydrogens (tertiary/aromatic N) is 3. The number of pyridine rings is 1. The summed E-state index contributed by atoms with van der Waals surface area (Å²) in [7, 11) is 1.37. The van der Waals surface area contributed by atoms with Crippen LogP contribution in [-0.4, -0.2) is 33.1 Å². The van der Waals surface area contributed by atoms with Gasteiger partial charge >= 0.3 is 12.0 Å². The van der Waals surface area contributed by atoms with Crippen molar-refractivity contribution in [1.82, 2.24) is 15.0 Å². The smallest absolute Gasteiger partial charge is 0.339 e. The number of aliphatic carboxylic acids is 1. The predicted octanol–water partition coefficient (Wildman–Crippen LogP) is 4.18. The molecular formula is C19H14ClN3O5. The number of carboxylic acids is 1. The van der Waals surface area contributed by atoms with Gasteiger partial charge < -0.3 is 19.3 Å². The molecule has 0 saturated heterocycles. The number of para-hydroxylation sites is 1. The summed E-state index contributed by atoms with van der Waals surface area (Å²) in [6.45, 7) is 0. The molecule has 1 aromatic carbocycles. The Morgan fingerprint density at radius 2 is 1.82 bits per heavy atom. The minimum atomic E-state index is -1.16. The number of hydrogen-bond acceptors (Lipinski definition) is 7. The van der Waals surface area contributed by atoms with Crippen molar-refractivity contribution in [3.8, 4) is 23.4 Å². The molecule has 142 valence electrons. The molecule has 1 N–H and O–H groups in total. The molecule has 0 aliphatic carbocycles. The number of benzene rings is 1. The summed E-state index contributed by atoms with van der Waals surface area (Å²) < 4.78 is 16.1. The fourth-order valence-electron chi connectivity index (χ4n) is 2.21. The second-order valence-corrected chi connectivity index (χ2v) is 5.60. The van der Waals surface area contributed by atoms with Crippen molar-refractivity contribution >= 4 is 23.1 Å². The molecule has 2 aromatic heterocycles. The van der Waals surface area contributed by atoms with Crippen molar-refractivity contribution < 1.29 is 24.1 Å². The van der Waals surface area contributed by atoms with E-state index in [1.54, 1.807) is 36.4 Å². The van der Waals surface area contributed by atoms with Crippen molar-refractivity contribution in [2.45, 2.75) is 0 Å². The Balaban J connectivity index is 1.88. The zero-order valence-corrected chi connectivity index (χ0v) is 15.3. The van der Waals surface area contributed by atoms with Crippen LogP contribution in [0.15, 0.2) is 61.1 Å². The molecular weight excluding hydrogens is 386 g/mol. The molecule has 9 heteroatoms. The Kier molecular flexibility index (Phi) is 6.03. The number of halogens is 1. The summed E-state index contributed by atoms with van der Waals surface area (Å²) in [5, 5.41) is 9.58. The number of hydrogen-bond donors (Lipinski definition) is 1. The van der Waals surface area contributed by atoms with Crippen molar-refractivity contribution in [3.05, 3.63) is 71.8 Å². The number of methoxy groups -OCH3 is 1. The number of rotatable bonds is 7. The molecule has 0 unspecified atom stereocenters. The third-order valence-electron chi connectivity index (χ3n) is 3.39. The van der Waals surface area contributed by atoms with Gasteiger partial charge in [-0.15, -0.1) is 0 Å². The van der Waals surface area contributed by atoms with Gasteiger partial charge in [-0.25, -0.2) is 14.8 Å². The van der Waals surface area contributed by atoms with Crippen LogP contribution in [0.4, 0.5) is 0 Å². The van der Waals surface area contributed by atoms with Gasteiger partial charge in [0.1, 0.15) is 11.3 Å². The normalized spacial score (nSPS) is 11.0. The predicted molar refractivity (Wildman–Crippen MR) is 100 cm³/mol. The molecule has 0 saturated carbocycles. The summed E-state index contributed by atoms with van der Waals surface area (Å²) in [4.78, 5) is 23.6. The Bertz CT molecular complexity index is 1030. The molecule has 0 aliphatic heterocycles. The number of carboxylic acid groups (broad SMARTS) is 1. The maximum Gasteiger partial charge on any atom is 0.339 e. The van der Waals surface area contributed by atoms with E-state index in [4.69, 9.17) is 25.8 Å².